The van der Waals surface area contributed by atoms with E-state index in [1.165, 1.54) is 23.5 Å². The van der Waals surface area contributed by atoms with E-state index in [4.69, 9.17) is 10.4 Å². The minimum absolute atomic E-state index is 0.0908. The van der Waals surface area contributed by atoms with Gasteiger partial charge in [-0.05, 0) is 35.7 Å². The molecule has 3 heterocycles. The third-order valence-corrected chi connectivity index (χ3v) is 4.66. The highest BCUT2D eigenvalue weighted by Gasteiger charge is 2.09. The summed E-state index contributed by atoms with van der Waals surface area (Å²) in [5.41, 5.74) is 1.64. The lowest BCUT2D eigenvalue weighted by atomic mass is 10.1. The van der Waals surface area contributed by atoms with Crippen LogP contribution in [0.4, 0.5) is 0 Å². The van der Waals surface area contributed by atoms with E-state index in [9.17, 15) is 4.79 Å². The molecule has 23 heavy (non-hydrogen) atoms. The Kier molecular flexibility index (Phi) is 4.28. The number of thiophene rings is 1. The Labute approximate surface area is 139 Å². The van der Waals surface area contributed by atoms with Gasteiger partial charge >= 0.3 is 5.97 Å². The van der Waals surface area contributed by atoms with Crippen LogP contribution < -0.4 is 0 Å². The molecule has 0 saturated heterocycles. The van der Waals surface area contributed by atoms with E-state index in [0.717, 1.165) is 15.4 Å². The summed E-state index contributed by atoms with van der Waals surface area (Å²) < 4.78 is 0. The molecule has 0 amide bonds. The lowest BCUT2D eigenvalue weighted by molar-refractivity contribution is 0.0690. The Morgan fingerprint density at radius 2 is 2.17 bits per heavy atom. The molecule has 5 nitrogen and oxygen atoms in total. The fourth-order valence-corrected chi connectivity index (χ4v) is 3.39. The predicted molar refractivity (Wildman–Crippen MR) is 90.3 cm³/mol. The monoisotopic (exact) mass is 339 g/mol. The summed E-state index contributed by atoms with van der Waals surface area (Å²) in [6, 6.07) is 6.79. The quantitative estimate of drug-likeness (QED) is 0.776. The highest BCUT2D eigenvalue weighted by molar-refractivity contribution is 7.16. The van der Waals surface area contributed by atoms with Gasteiger partial charge in [-0.1, -0.05) is 0 Å². The molecule has 3 rings (SSSR count). The highest BCUT2D eigenvalue weighted by Crippen LogP contribution is 2.28. The fraction of sp³-hybridized carbons (Fsp3) is 0. The second kappa shape index (κ2) is 6.52. The number of carboxylic acid groups (broad SMARTS) is 1. The van der Waals surface area contributed by atoms with Crippen molar-refractivity contribution in [3.8, 4) is 16.6 Å². The predicted octanol–water partition coefficient (Wildman–Crippen LogP) is 4.01. The number of carbonyl (C=O) groups is 1. The van der Waals surface area contributed by atoms with E-state index < -0.39 is 5.97 Å². The Morgan fingerprint density at radius 3 is 2.87 bits per heavy atom. The number of aromatic nitrogens is 2. The van der Waals surface area contributed by atoms with Crippen molar-refractivity contribution in [3.05, 3.63) is 57.0 Å². The van der Waals surface area contributed by atoms with Crippen LogP contribution >= 0.6 is 22.7 Å². The summed E-state index contributed by atoms with van der Waals surface area (Å²) in [6.07, 6.45) is 5.15. The molecule has 0 aliphatic rings. The minimum Gasteiger partial charge on any atom is -0.477 e. The van der Waals surface area contributed by atoms with Crippen LogP contribution in [0.5, 0.6) is 0 Å². The van der Waals surface area contributed by atoms with E-state index >= 15 is 0 Å². The van der Waals surface area contributed by atoms with Crippen molar-refractivity contribution >= 4 is 40.8 Å². The van der Waals surface area contributed by atoms with Crippen LogP contribution in [0, 0.1) is 11.3 Å². The van der Waals surface area contributed by atoms with Crippen LogP contribution in [0.1, 0.15) is 26.6 Å². The topological polar surface area (TPSA) is 86.9 Å². The summed E-state index contributed by atoms with van der Waals surface area (Å²) in [5, 5.41) is 23.0. The Hall–Kier alpha value is -2.82. The van der Waals surface area contributed by atoms with Gasteiger partial charge in [-0.25, -0.2) is 14.8 Å². The molecule has 0 aliphatic carbocycles. The number of rotatable bonds is 4. The number of carboxylic acids is 1. The molecular formula is C16H9N3O2S2. The molecule has 112 valence electrons. The first-order chi connectivity index (χ1) is 11.2. The standard InChI is InChI=1S/C16H9N3O2S2/c17-7-10-1-3-14(16(20)21)19-13(10)4-2-12-8-18-15(23-12)11-5-6-22-9-11/h1-6,8-9H,(H,20,21)/b4-2+. The lowest BCUT2D eigenvalue weighted by Gasteiger charge is -1.99. The van der Waals surface area contributed by atoms with Crippen LogP contribution in [0.2, 0.25) is 0 Å². The van der Waals surface area contributed by atoms with Gasteiger partial charge in [0.1, 0.15) is 16.8 Å². The zero-order chi connectivity index (χ0) is 16.2. The maximum absolute atomic E-state index is 11.0. The molecular weight excluding hydrogens is 330 g/mol. The van der Waals surface area contributed by atoms with Crippen molar-refractivity contribution < 1.29 is 9.90 Å². The van der Waals surface area contributed by atoms with Crippen LogP contribution in [0.3, 0.4) is 0 Å². The van der Waals surface area contributed by atoms with Crippen molar-refractivity contribution in [2.45, 2.75) is 0 Å². The van der Waals surface area contributed by atoms with E-state index in [2.05, 4.69) is 9.97 Å². The maximum Gasteiger partial charge on any atom is 0.354 e. The SMILES string of the molecule is N#Cc1ccc(C(=O)O)nc1/C=C/c1cnc(-c2ccsc2)s1. The molecule has 0 spiro atoms. The van der Waals surface area contributed by atoms with E-state index in [-0.39, 0.29) is 5.69 Å². The van der Waals surface area contributed by atoms with Gasteiger partial charge in [0, 0.05) is 22.0 Å². The van der Waals surface area contributed by atoms with Crippen LogP contribution in [-0.2, 0) is 0 Å². The molecule has 3 aromatic heterocycles. The van der Waals surface area contributed by atoms with Crippen molar-refractivity contribution in [3.63, 3.8) is 0 Å². The number of nitriles is 1. The molecule has 0 aromatic carbocycles. The average molecular weight is 339 g/mol. The molecule has 0 unspecified atom stereocenters. The van der Waals surface area contributed by atoms with Gasteiger partial charge in [-0.15, -0.1) is 11.3 Å². The summed E-state index contributed by atoms with van der Waals surface area (Å²) in [7, 11) is 0. The first kappa shape index (κ1) is 15.1. The third-order valence-electron chi connectivity index (χ3n) is 2.96. The molecule has 0 bridgehead atoms. The second-order valence-corrected chi connectivity index (χ2v) is 6.30. The Morgan fingerprint density at radius 1 is 1.30 bits per heavy atom. The lowest BCUT2D eigenvalue weighted by Crippen LogP contribution is -2.02. The van der Waals surface area contributed by atoms with Gasteiger partial charge in [0.25, 0.3) is 0 Å². The second-order valence-electron chi connectivity index (χ2n) is 4.46. The Balaban J connectivity index is 1.89. The maximum atomic E-state index is 11.0. The van der Waals surface area contributed by atoms with E-state index in [1.54, 1.807) is 29.7 Å². The van der Waals surface area contributed by atoms with E-state index in [1.807, 2.05) is 22.9 Å². The normalized spacial score (nSPS) is 10.7. The Bertz CT molecular complexity index is 921. The number of nitrogens with zero attached hydrogens (tertiary/aromatic N) is 3. The van der Waals surface area contributed by atoms with Gasteiger partial charge < -0.3 is 5.11 Å². The van der Waals surface area contributed by atoms with Crippen LogP contribution in [0.15, 0.2) is 35.2 Å². The number of thiazole rings is 1. The molecule has 0 saturated carbocycles. The number of hydrogen-bond acceptors (Lipinski definition) is 6. The molecule has 0 fully saturated rings. The number of aromatic carboxylic acids is 1. The zero-order valence-electron chi connectivity index (χ0n) is 11.6. The van der Waals surface area contributed by atoms with Crippen molar-refractivity contribution in [2.24, 2.45) is 0 Å². The third kappa shape index (κ3) is 3.34. The molecule has 0 aliphatic heterocycles. The highest BCUT2D eigenvalue weighted by atomic mass is 32.1. The average Bonchev–Trinajstić information content (AvgIpc) is 3.23. The van der Waals surface area contributed by atoms with Gasteiger partial charge in [-0.2, -0.15) is 16.6 Å². The smallest absolute Gasteiger partial charge is 0.354 e. The summed E-state index contributed by atoms with van der Waals surface area (Å²) in [5.74, 6) is -1.12. The van der Waals surface area contributed by atoms with E-state index in [0.29, 0.717) is 11.3 Å². The van der Waals surface area contributed by atoms with Gasteiger partial charge in [0.2, 0.25) is 0 Å². The first-order valence-corrected chi connectivity index (χ1v) is 8.24. The first-order valence-electron chi connectivity index (χ1n) is 6.48. The summed E-state index contributed by atoms with van der Waals surface area (Å²) in [4.78, 5) is 20.2. The van der Waals surface area contributed by atoms with Gasteiger partial charge in [0.15, 0.2) is 0 Å². The van der Waals surface area contributed by atoms with Gasteiger partial charge in [-0.3, -0.25) is 0 Å². The molecule has 3 aromatic rings. The van der Waals surface area contributed by atoms with Crippen molar-refractivity contribution in [1.82, 2.24) is 9.97 Å². The summed E-state index contributed by atoms with van der Waals surface area (Å²) in [6.45, 7) is 0. The van der Waals surface area contributed by atoms with Crippen LogP contribution in [0.25, 0.3) is 22.7 Å². The van der Waals surface area contributed by atoms with Gasteiger partial charge in [0.05, 0.1) is 11.3 Å². The largest absolute Gasteiger partial charge is 0.477 e. The summed E-state index contributed by atoms with van der Waals surface area (Å²) >= 11 is 3.13. The van der Waals surface area contributed by atoms with Crippen LogP contribution in [-0.4, -0.2) is 21.0 Å². The number of pyridine rings is 1. The number of hydrogen-bond donors (Lipinski definition) is 1. The molecule has 0 radical (unpaired) electrons. The molecule has 0 atom stereocenters. The van der Waals surface area contributed by atoms with Crippen molar-refractivity contribution in [2.75, 3.05) is 0 Å². The molecule has 1 N–H and O–H groups in total. The minimum atomic E-state index is -1.12. The fourth-order valence-electron chi connectivity index (χ4n) is 1.86. The van der Waals surface area contributed by atoms with Crippen molar-refractivity contribution in [1.29, 1.82) is 5.26 Å². The zero-order valence-corrected chi connectivity index (χ0v) is 13.3. The molecule has 7 heteroatoms.